The Kier molecular flexibility index (Phi) is 7.79. The van der Waals surface area contributed by atoms with Crippen LogP contribution >= 0.6 is 0 Å². The van der Waals surface area contributed by atoms with Gasteiger partial charge in [-0.25, -0.2) is 4.79 Å². The zero-order valence-electron chi connectivity index (χ0n) is 20.8. The molecule has 0 aliphatic heterocycles. The number of amides is 2. The number of carbonyl (C=O) groups is 3. The van der Waals surface area contributed by atoms with Crippen molar-refractivity contribution in [1.29, 1.82) is 0 Å². The fourth-order valence-corrected chi connectivity index (χ4v) is 3.78. The molecule has 0 saturated carbocycles. The summed E-state index contributed by atoms with van der Waals surface area (Å²) in [6.07, 6.45) is 3.03. The van der Waals surface area contributed by atoms with Crippen molar-refractivity contribution in [2.45, 2.75) is 52.5 Å². The highest BCUT2D eigenvalue weighted by Gasteiger charge is 2.23. The normalized spacial score (nSPS) is 12.7. The molecule has 2 amide bonds. The molecule has 0 saturated heterocycles. The number of aromatic nitrogens is 1. The van der Waals surface area contributed by atoms with Gasteiger partial charge in [-0.15, -0.1) is 0 Å². The first-order valence-corrected chi connectivity index (χ1v) is 11.7. The fraction of sp³-hybridized carbons (Fsp3) is 0.321. The SMILES string of the molecule is CC(C)CC(NC(=O)c1ccc(C(C)(C)C)cc1)C(=O)Nc1ccc2[nH]c(/C=C/C(=O)O)cc2c1. The van der Waals surface area contributed by atoms with Crippen molar-refractivity contribution in [3.05, 3.63) is 71.4 Å². The molecule has 3 rings (SSSR count). The minimum atomic E-state index is -1.03. The van der Waals surface area contributed by atoms with E-state index in [1.807, 2.05) is 32.0 Å². The lowest BCUT2D eigenvalue weighted by molar-refractivity contribution is -0.131. The number of hydrogen-bond donors (Lipinski definition) is 4. The number of carboxylic acids is 1. The van der Waals surface area contributed by atoms with E-state index in [4.69, 9.17) is 5.11 Å². The Morgan fingerprint density at radius 3 is 2.31 bits per heavy atom. The molecule has 0 fully saturated rings. The smallest absolute Gasteiger partial charge is 0.328 e. The summed E-state index contributed by atoms with van der Waals surface area (Å²) in [5.74, 6) is -1.41. The Bertz CT molecular complexity index is 1250. The van der Waals surface area contributed by atoms with E-state index in [-0.39, 0.29) is 23.1 Å². The summed E-state index contributed by atoms with van der Waals surface area (Å²) in [6.45, 7) is 10.3. The van der Waals surface area contributed by atoms with Crippen LogP contribution in [0.1, 0.15) is 62.7 Å². The Balaban J connectivity index is 1.74. The molecule has 1 aromatic heterocycles. The predicted molar refractivity (Wildman–Crippen MR) is 139 cm³/mol. The standard InChI is InChI=1S/C28H33N3O4/c1-17(2)14-24(31-26(34)18-6-8-20(9-7-18)28(3,4)5)27(35)30-22-10-12-23-19(16-22)15-21(29-23)11-13-25(32)33/h6-13,15-17,24,29H,14H2,1-5H3,(H,30,35)(H,31,34)(H,32,33)/b13-11+. The van der Waals surface area contributed by atoms with Gasteiger partial charge in [-0.1, -0.05) is 46.8 Å². The van der Waals surface area contributed by atoms with E-state index in [0.717, 1.165) is 22.5 Å². The molecule has 4 N–H and O–H groups in total. The van der Waals surface area contributed by atoms with Crippen molar-refractivity contribution in [3.63, 3.8) is 0 Å². The van der Waals surface area contributed by atoms with Crippen molar-refractivity contribution in [3.8, 4) is 0 Å². The number of hydrogen-bond acceptors (Lipinski definition) is 3. The third-order valence-corrected chi connectivity index (χ3v) is 5.66. The number of H-pyrrole nitrogens is 1. The molecule has 35 heavy (non-hydrogen) atoms. The van der Waals surface area contributed by atoms with Crippen LogP contribution in [0.5, 0.6) is 0 Å². The van der Waals surface area contributed by atoms with Gasteiger partial charge in [-0.3, -0.25) is 9.59 Å². The number of benzene rings is 2. The Morgan fingerprint density at radius 1 is 1.03 bits per heavy atom. The molecule has 0 spiro atoms. The van der Waals surface area contributed by atoms with Crippen LogP contribution in [0.2, 0.25) is 0 Å². The maximum atomic E-state index is 13.1. The number of aromatic amines is 1. The summed E-state index contributed by atoms with van der Waals surface area (Å²) < 4.78 is 0. The van der Waals surface area contributed by atoms with Crippen LogP contribution in [0.25, 0.3) is 17.0 Å². The van der Waals surface area contributed by atoms with Crippen LogP contribution in [-0.2, 0) is 15.0 Å². The lowest BCUT2D eigenvalue weighted by Crippen LogP contribution is -2.44. The lowest BCUT2D eigenvalue weighted by atomic mass is 9.86. The number of carboxylic acid groups (broad SMARTS) is 1. The summed E-state index contributed by atoms with van der Waals surface area (Å²) >= 11 is 0. The highest BCUT2D eigenvalue weighted by atomic mass is 16.4. The second kappa shape index (κ2) is 10.6. The Morgan fingerprint density at radius 2 is 1.71 bits per heavy atom. The lowest BCUT2D eigenvalue weighted by Gasteiger charge is -2.21. The molecule has 7 heteroatoms. The second-order valence-electron chi connectivity index (χ2n) is 10.2. The van der Waals surface area contributed by atoms with Gasteiger partial charge < -0.3 is 20.7 Å². The maximum absolute atomic E-state index is 13.1. The van der Waals surface area contributed by atoms with E-state index in [1.54, 1.807) is 30.3 Å². The largest absolute Gasteiger partial charge is 0.478 e. The number of rotatable bonds is 8. The van der Waals surface area contributed by atoms with Gasteiger partial charge in [0.1, 0.15) is 6.04 Å². The first-order valence-electron chi connectivity index (χ1n) is 11.7. The van der Waals surface area contributed by atoms with Crippen molar-refractivity contribution in [1.82, 2.24) is 10.3 Å². The van der Waals surface area contributed by atoms with Crippen molar-refractivity contribution in [2.24, 2.45) is 5.92 Å². The number of nitrogens with one attached hydrogen (secondary N) is 3. The molecule has 1 heterocycles. The van der Waals surface area contributed by atoms with Crippen LogP contribution in [-0.4, -0.2) is 33.9 Å². The van der Waals surface area contributed by atoms with Gasteiger partial charge in [0.2, 0.25) is 5.91 Å². The summed E-state index contributed by atoms with van der Waals surface area (Å²) in [7, 11) is 0. The number of fused-ring (bicyclic) bond motifs is 1. The van der Waals surface area contributed by atoms with E-state index in [1.165, 1.54) is 6.08 Å². The molecule has 3 aromatic rings. The predicted octanol–water partition coefficient (Wildman–Crippen LogP) is 5.35. The van der Waals surface area contributed by atoms with E-state index in [2.05, 4.69) is 36.4 Å². The summed E-state index contributed by atoms with van der Waals surface area (Å²) in [4.78, 5) is 39.9. The molecular weight excluding hydrogens is 442 g/mol. The average Bonchev–Trinajstić information content (AvgIpc) is 3.18. The Hall–Kier alpha value is -3.87. The zero-order chi connectivity index (χ0) is 25.8. The quantitative estimate of drug-likeness (QED) is 0.329. The van der Waals surface area contributed by atoms with Gasteiger partial charge in [0.05, 0.1) is 0 Å². The summed E-state index contributed by atoms with van der Waals surface area (Å²) in [6, 6.07) is 14.0. The van der Waals surface area contributed by atoms with Gasteiger partial charge in [0.25, 0.3) is 5.91 Å². The van der Waals surface area contributed by atoms with E-state index >= 15 is 0 Å². The third kappa shape index (κ3) is 7.06. The van der Waals surface area contributed by atoms with Crippen LogP contribution in [0.15, 0.2) is 54.6 Å². The van der Waals surface area contributed by atoms with Gasteiger partial charge in [-0.05, 0) is 65.8 Å². The van der Waals surface area contributed by atoms with Crippen LogP contribution in [0.3, 0.4) is 0 Å². The average molecular weight is 476 g/mol. The first-order chi connectivity index (χ1) is 16.4. The van der Waals surface area contributed by atoms with Crippen molar-refractivity contribution in [2.75, 3.05) is 5.32 Å². The van der Waals surface area contributed by atoms with Crippen molar-refractivity contribution < 1.29 is 19.5 Å². The Labute approximate surface area is 205 Å². The summed E-state index contributed by atoms with van der Waals surface area (Å²) in [5, 5.41) is 15.4. The monoisotopic (exact) mass is 475 g/mol. The van der Waals surface area contributed by atoms with Gasteiger partial charge in [0, 0.05) is 33.9 Å². The topological polar surface area (TPSA) is 111 Å². The van der Waals surface area contributed by atoms with Crippen LogP contribution in [0, 0.1) is 5.92 Å². The first kappa shape index (κ1) is 25.7. The maximum Gasteiger partial charge on any atom is 0.328 e. The van der Waals surface area contributed by atoms with E-state index in [0.29, 0.717) is 23.4 Å². The minimum absolute atomic E-state index is 0.0110. The molecule has 1 atom stereocenters. The molecule has 0 bridgehead atoms. The number of aliphatic carboxylic acids is 1. The number of anilines is 1. The molecule has 0 aliphatic rings. The highest BCUT2D eigenvalue weighted by Crippen LogP contribution is 2.23. The fourth-order valence-electron chi connectivity index (χ4n) is 3.78. The van der Waals surface area contributed by atoms with Gasteiger partial charge >= 0.3 is 5.97 Å². The summed E-state index contributed by atoms with van der Waals surface area (Å²) in [5.41, 5.74) is 3.69. The highest BCUT2D eigenvalue weighted by molar-refractivity contribution is 6.02. The molecule has 0 radical (unpaired) electrons. The van der Waals surface area contributed by atoms with Crippen LogP contribution < -0.4 is 10.6 Å². The second-order valence-corrected chi connectivity index (χ2v) is 10.2. The van der Waals surface area contributed by atoms with E-state index < -0.39 is 12.0 Å². The molecule has 0 aliphatic carbocycles. The molecule has 7 nitrogen and oxygen atoms in total. The molecule has 1 unspecified atom stereocenters. The van der Waals surface area contributed by atoms with E-state index in [9.17, 15) is 14.4 Å². The van der Waals surface area contributed by atoms with Gasteiger partial charge in [0.15, 0.2) is 0 Å². The number of carbonyl (C=O) groups excluding carboxylic acids is 2. The van der Waals surface area contributed by atoms with Crippen LogP contribution in [0.4, 0.5) is 5.69 Å². The van der Waals surface area contributed by atoms with Gasteiger partial charge in [-0.2, -0.15) is 0 Å². The molecular formula is C28H33N3O4. The third-order valence-electron chi connectivity index (χ3n) is 5.66. The molecule has 2 aromatic carbocycles. The zero-order valence-corrected chi connectivity index (χ0v) is 20.8. The minimum Gasteiger partial charge on any atom is -0.478 e. The molecule has 184 valence electrons. The van der Waals surface area contributed by atoms with Crippen molar-refractivity contribution >= 4 is 40.4 Å².